The number of aromatic nitrogens is 2. The summed E-state index contributed by atoms with van der Waals surface area (Å²) in [6, 6.07) is 14.3. The van der Waals surface area contributed by atoms with Crippen LogP contribution >= 0.6 is 0 Å². The van der Waals surface area contributed by atoms with Gasteiger partial charge >= 0.3 is 11.9 Å². The number of ketones is 2. The molecular formula is C39H40ClF2N5O7. The Bertz CT molecular complexity index is 2030. The van der Waals surface area contributed by atoms with Crippen molar-refractivity contribution in [1.82, 2.24) is 9.97 Å². The van der Waals surface area contributed by atoms with Gasteiger partial charge in [-0.25, -0.2) is 8.78 Å². The SMILES string of the molecule is COC(=O)CC[C@@H]1N=C(c2ccccn2)c2cc(F)c(C)cc2CC1=O.COC(=O)CC[C@H]([NH3+])C(=O)Nc1cc(C)c(F)cc1C(=O)c1ccccn1.[Cl-]. The minimum atomic E-state index is -0.743. The number of ether oxygens (including phenoxy) is 2. The van der Waals surface area contributed by atoms with E-state index in [9.17, 15) is 32.8 Å². The second-order valence-electron chi connectivity index (χ2n) is 12.2. The molecule has 12 nitrogen and oxygen atoms in total. The summed E-state index contributed by atoms with van der Waals surface area (Å²) in [6.45, 7) is 3.19. The van der Waals surface area contributed by atoms with E-state index in [0.717, 1.165) is 11.6 Å². The highest BCUT2D eigenvalue weighted by atomic mass is 35.5. The number of aliphatic imine (C=N–C) groups is 1. The lowest BCUT2D eigenvalue weighted by Crippen LogP contribution is -3.00. The third-order valence-electron chi connectivity index (χ3n) is 8.41. The number of anilines is 1. The summed E-state index contributed by atoms with van der Waals surface area (Å²) in [6.07, 6.45) is 3.78. The molecule has 4 N–H and O–H groups in total. The van der Waals surface area contributed by atoms with E-state index in [-0.39, 0.29) is 78.6 Å². The van der Waals surface area contributed by atoms with Crippen molar-refractivity contribution >= 4 is 40.8 Å². The fraction of sp³-hybridized carbons (Fsp3) is 0.282. The second-order valence-corrected chi connectivity index (χ2v) is 12.2. The van der Waals surface area contributed by atoms with Crippen LogP contribution in [0.2, 0.25) is 0 Å². The standard InChI is InChI=1S/C20H19FN2O3.C19H20FN3O4.ClH/c1-12-9-13-10-18(24)16(6-7-19(25)26-2)23-20(14(13)11-15(12)21)17-5-3-4-8-22-17;1-11-9-16(23-19(26)14(21)6-7-17(24)27-2)12(10-13(11)20)18(25)15-5-3-4-8-22-15;/h3-5,8-9,11,16H,6-7,10H2,1-2H3;3-5,8-10,14H,6-7,21H2,1-2H3,(H,23,26);1H/t16-;14-;/m00./s1. The van der Waals surface area contributed by atoms with Gasteiger partial charge in [0.05, 0.1) is 43.3 Å². The van der Waals surface area contributed by atoms with Gasteiger partial charge in [0.2, 0.25) is 5.78 Å². The van der Waals surface area contributed by atoms with Gasteiger partial charge in [-0.1, -0.05) is 18.2 Å². The molecule has 284 valence electrons. The number of aryl methyl sites for hydroxylation is 2. The van der Waals surface area contributed by atoms with Gasteiger partial charge in [-0.05, 0) is 79.4 Å². The molecule has 0 bridgehead atoms. The first-order valence-electron chi connectivity index (χ1n) is 16.7. The van der Waals surface area contributed by atoms with Gasteiger partial charge in [0.25, 0.3) is 5.91 Å². The van der Waals surface area contributed by atoms with Crippen LogP contribution < -0.4 is 23.5 Å². The van der Waals surface area contributed by atoms with E-state index < -0.39 is 41.5 Å². The molecule has 1 aliphatic heterocycles. The van der Waals surface area contributed by atoms with Gasteiger partial charge in [0, 0.05) is 37.2 Å². The maximum atomic E-state index is 14.2. The molecule has 0 fully saturated rings. The number of pyridine rings is 2. The van der Waals surface area contributed by atoms with Crippen molar-refractivity contribution in [2.75, 3.05) is 19.5 Å². The summed E-state index contributed by atoms with van der Waals surface area (Å²) >= 11 is 0. The van der Waals surface area contributed by atoms with E-state index in [1.165, 1.54) is 45.5 Å². The van der Waals surface area contributed by atoms with Crippen LogP contribution in [-0.2, 0) is 35.1 Å². The first-order valence-corrected chi connectivity index (χ1v) is 16.7. The smallest absolute Gasteiger partial charge is 0.305 e. The van der Waals surface area contributed by atoms with Crippen molar-refractivity contribution in [2.24, 2.45) is 4.99 Å². The van der Waals surface area contributed by atoms with E-state index in [2.05, 4.69) is 35.5 Å². The predicted octanol–water partition coefficient (Wildman–Crippen LogP) is 1.08. The van der Waals surface area contributed by atoms with Crippen LogP contribution in [-0.4, -0.2) is 71.4 Å². The van der Waals surface area contributed by atoms with Crippen LogP contribution in [0.25, 0.3) is 0 Å². The number of hydrogen-bond donors (Lipinski definition) is 2. The molecule has 1 amide bonds. The molecule has 0 saturated heterocycles. The molecule has 4 aromatic rings. The quantitative estimate of drug-likeness (QED) is 0.167. The Balaban J connectivity index is 0.000000285. The third kappa shape index (κ3) is 11.1. The summed E-state index contributed by atoms with van der Waals surface area (Å²) in [5.74, 6) is -2.86. The van der Waals surface area contributed by atoms with Crippen LogP contribution in [0, 0.1) is 25.5 Å². The maximum absolute atomic E-state index is 14.2. The van der Waals surface area contributed by atoms with Crippen LogP contribution in [0.15, 0.2) is 78.0 Å². The number of fused-ring (bicyclic) bond motifs is 1. The number of hydrogen-bond acceptors (Lipinski definition) is 10. The molecule has 1 aliphatic rings. The van der Waals surface area contributed by atoms with Crippen LogP contribution in [0.1, 0.15) is 69.7 Å². The van der Waals surface area contributed by atoms with Gasteiger partial charge in [-0.3, -0.25) is 38.9 Å². The number of benzene rings is 2. The Morgan fingerprint density at radius 2 is 1.52 bits per heavy atom. The molecule has 3 heterocycles. The molecule has 0 aliphatic carbocycles. The maximum Gasteiger partial charge on any atom is 0.305 e. The highest BCUT2D eigenvalue weighted by Crippen LogP contribution is 2.26. The Labute approximate surface area is 317 Å². The number of methoxy groups -OCH3 is 2. The molecule has 5 rings (SSSR count). The largest absolute Gasteiger partial charge is 1.00 e. The average Bonchev–Trinajstić information content (AvgIpc) is 3.29. The Morgan fingerprint density at radius 3 is 2.15 bits per heavy atom. The molecule has 54 heavy (non-hydrogen) atoms. The van der Waals surface area contributed by atoms with Crippen molar-refractivity contribution in [2.45, 2.75) is 58.0 Å². The lowest BCUT2D eigenvalue weighted by atomic mass is 9.95. The number of esters is 2. The number of carbonyl (C=O) groups excluding carboxylic acids is 5. The summed E-state index contributed by atoms with van der Waals surface area (Å²) < 4.78 is 37.4. The molecule has 2 aromatic carbocycles. The Kier molecular flexibility index (Phi) is 15.7. The van der Waals surface area contributed by atoms with E-state index in [1.54, 1.807) is 43.5 Å². The third-order valence-corrected chi connectivity index (χ3v) is 8.41. The normalized spacial score (nSPS) is 13.7. The fourth-order valence-corrected chi connectivity index (χ4v) is 5.37. The van der Waals surface area contributed by atoms with Crippen molar-refractivity contribution in [3.05, 3.63) is 124 Å². The van der Waals surface area contributed by atoms with Crippen LogP contribution in [0.3, 0.4) is 0 Å². The number of quaternary nitrogens is 1. The highest BCUT2D eigenvalue weighted by Gasteiger charge is 2.28. The van der Waals surface area contributed by atoms with Crippen molar-refractivity contribution < 1.29 is 60.4 Å². The number of halogens is 3. The Hall–Kier alpha value is -5.73. The summed E-state index contributed by atoms with van der Waals surface area (Å²) in [5.41, 5.74) is 7.09. The zero-order valence-corrected chi connectivity index (χ0v) is 30.9. The minimum Gasteiger partial charge on any atom is -1.00 e. The summed E-state index contributed by atoms with van der Waals surface area (Å²) in [5, 5.41) is 2.60. The fourth-order valence-electron chi connectivity index (χ4n) is 5.37. The minimum absolute atomic E-state index is 0. The van der Waals surface area contributed by atoms with E-state index in [1.807, 2.05) is 6.07 Å². The molecule has 0 saturated carbocycles. The average molecular weight is 764 g/mol. The van der Waals surface area contributed by atoms with Gasteiger partial charge in [-0.2, -0.15) is 0 Å². The first-order chi connectivity index (χ1) is 25.3. The number of nitrogens with one attached hydrogen (secondary N) is 1. The van der Waals surface area contributed by atoms with Gasteiger partial charge in [0.15, 0.2) is 11.8 Å². The highest BCUT2D eigenvalue weighted by molar-refractivity contribution is 6.15. The van der Waals surface area contributed by atoms with Crippen LogP contribution in [0.5, 0.6) is 0 Å². The van der Waals surface area contributed by atoms with E-state index in [0.29, 0.717) is 22.5 Å². The molecule has 0 radical (unpaired) electrons. The Morgan fingerprint density at radius 1 is 0.889 bits per heavy atom. The van der Waals surface area contributed by atoms with Gasteiger partial charge in [-0.15, -0.1) is 0 Å². The van der Waals surface area contributed by atoms with E-state index in [4.69, 9.17) is 0 Å². The zero-order valence-electron chi connectivity index (χ0n) is 30.2. The van der Waals surface area contributed by atoms with E-state index >= 15 is 0 Å². The number of Topliss-reactive ketones (excluding diaryl/α,β-unsaturated/α-hetero) is 1. The summed E-state index contributed by atoms with van der Waals surface area (Å²) in [4.78, 5) is 73.3. The topological polar surface area (TPSA) is 182 Å². The monoisotopic (exact) mass is 763 g/mol. The van der Waals surface area contributed by atoms with Gasteiger partial charge in [0.1, 0.15) is 23.4 Å². The van der Waals surface area contributed by atoms with Crippen molar-refractivity contribution in [3.8, 4) is 0 Å². The number of carbonyl (C=O) groups is 5. The first kappa shape index (κ1) is 42.7. The molecule has 2 aromatic heterocycles. The molecule has 0 unspecified atom stereocenters. The molecule has 2 atom stereocenters. The van der Waals surface area contributed by atoms with Crippen molar-refractivity contribution in [3.63, 3.8) is 0 Å². The van der Waals surface area contributed by atoms with Crippen molar-refractivity contribution in [1.29, 1.82) is 0 Å². The predicted molar refractivity (Wildman–Crippen MR) is 190 cm³/mol. The summed E-state index contributed by atoms with van der Waals surface area (Å²) in [7, 11) is 2.57. The molecule has 15 heteroatoms. The molecular weight excluding hydrogens is 724 g/mol. The zero-order chi connectivity index (χ0) is 38.7. The lowest BCUT2D eigenvalue weighted by Gasteiger charge is -2.14. The number of nitrogens with zero attached hydrogens (tertiary/aromatic N) is 3. The molecule has 0 spiro atoms. The number of rotatable bonds is 11. The second kappa shape index (κ2) is 19.9. The number of amides is 1. The lowest BCUT2D eigenvalue weighted by molar-refractivity contribution is -0.403. The van der Waals surface area contributed by atoms with Crippen LogP contribution in [0.4, 0.5) is 14.5 Å². The van der Waals surface area contributed by atoms with Gasteiger partial charge < -0.3 is 32.9 Å².